The van der Waals surface area contributed by atoms with E-state index in [4.69, 9.17) is 0 Å². The Morgan fingerprint density at radius 2 is 1.45 bits per heavy atom. The SMILES string of the molecule is Cc1cccc(CN(C(=O)CN(c2c(C)cccc2C)S(C)(=O)=O)C(Cc2ccccc2)C(=O)NCC(C)C)c1. The van der Waals surface area contributed by atoms with Crippen molar-refractivity contribution in [1.29, 1.82) is 0 Å². The normalized spacial score (nSPS) is 12.2. The number of anilines is 1. The molecule has 0 saturated heterocycles. The van der Waals surface area contributed by atoms with E-state index in [-0.39, 0.29) is 18.4 Å². The quantitative estimate of drug-likeness (QED) is 0.343. The third-order valence-corrected chi connectivity index (χ3v) is 7.87. The number of carbonyl (C=O) groups excluding carboxylic acids is 2. The van der Waals surface area contributed by atoms with E-state index in [1.165, 1.54) is 4.90 Å². The molecular formula is C32H41N3O4S. The van der Waals surface area contributed by atoms with Crippen molar-refractivity contribution in [3.63, 3.8) is 0 Å². The molecule has 0 fully saturated rings. The average molecular weight is 564 g/mol. The minimum atomic E-state index is -3.81. The molecule has 0 heterocycles. The van der Waals surface area contributed by atoms with Crippen LogP contribution in [-0.4, -0.2) is 50.5 Å². The Balaban J connectivity index is 2.08. The summed E-state index contributed by atoms with van der Waals surface area (Å²) < 4.78 is 27.3. The number of sulfonamides is 1. The molecule has 3 aromatic carbocycles. The monoisotopic (exact) mass is 563 g/mol. The molecule has 0 bridgehead atoms. The highest BCUT2D eigenvalue weighted by Gasteiger charge is 2.33. The van der Waals surface area contributed by atoms with Crippen molar-refractivity contribution >= 4 is 27.5 Å². The van der Waals surface area contributed by atoms with E-state index in [1.54, 1.807) is 0 Å². The standard InChI is InChI=1S/C32H41N3O4S/c1-23(2)20-33-32(37)29(19-27-15-8-7-9-16-27)34(21-28-17-10-12-24(3)18-28)30(36)22-35(40(6,38)39)31-25(4)13-11-14-26(31)5/h7-18,23,29H,19-22H2,1-6H3,(H,33,37). The van der Waals surface area contributed by atoms with Gasteiger partial charge in [-0.25, -0.2) is 8.42 Å². The average Bonchev–Trinajstić information content (AvgIpc) is 2.88. The number of hydrogen-bond acceptors (Lipinski definition) is 4. The van der Waals surface area contributed by atoms with E-state index in [9.17, 15) is 18.0 Å². The van der Waals surface area contributed by atoms with Gasteiger partial charge < -0.3 is 10.2 Å². The van der Waals surface area contributed by atoms with Gasteiger partial charge in [-0.05, 0) is 48.9 Å². The van der Waals surface area contributed by atoms with Crippen molar-refractivity contribution < 1.29 is 18.0 Å². The highest BCUT2D eigenvalue weighted by Crippen LogP contribution is 2.27. The van der Waals surface area contributed by atoms with Crippen LogP contribution in [0.5, 0.6) is 0 Å². The van der Waals surface area contributed by atoms with Crippen LogP contribution in [0.4, 0.5) is 5.69 Å². The second kappa shape index (κ2) is 13.6. The van der Waals surface area contributed by atoms with Gasteiger partial charge in [0.2, 0.25) is 21.8 Å². The van der Waals surface area contributed by atoms with Gasteiger partial charge in [-0.1, -0.05) is 92.2 Å². The fourth-order valence-corrected chi connectivity index (χ4v) is 5.72. The van der Waals surface area contributed by atoms with Crippen LogP contribution in [0.25, 0.3) is 0 Å². The summed E-state index contributed by atoms with van der Waals surface area (Å²) in [4.78, 5) is 29.4. The predicted molar refractivity (Wildman–Crippen MR) is 162 cm³/mol. The van der Waals surface area contributed by atoms with Crippen LogP contribution in [0.2, 0.25) is 0 Å². The van der Waals surface area contributed by atoms with Gasteiger partial charge in [0.05, 0.1) is 11.9 Å². The summed E-state index contributed by atoms with van der Waals surface area (Å²) in [6, 6.07) is 22.0. The van der Waals surface area contributed by atoms with Gasteiger partial charge in [-0.3, -0.25) is 13.9 Å². The van der Waals surface area contributed by atoms with E-state index in [0.717, 1.165) is 38.4 Å². The van der Waals surface area contributed by atoms with Crippen LogP contribution in [-0.2, 0) is 32.6 Å². The molecule has 214 valence electrons. The van der Waals surface area contributed by atoms with Crippen LogP contribution >= 0.6 is 0 Å². The topological polar surface area (TPSA) is 86.8 Å². The Hall–Kier alpha value is -3.65. The molecule has 3 aromatic rings. The van der Waals surface area contributed by atoms with Gasteiger partial charge in [0.25, 0.3) is 0 Å². The maximum atomic E-state index is 14.2. The lowest BCUT2D eigenvalue weighted by molar-refractivity contribution is -0.140. The highest BCUT2D eigenvalue weighted by molar-refractivity contribution is 7.92. The van der Waals surface area contributed by atoms with Gasteiger partial charge in [0.15, 0.2) is 0 Å². The molecule has 7 nitrogen and oxygen atoms in total. The number of aryl methyl sites for hydroxylation is 3. The van der Waals surface area contributed by atoms with Gasteiger partial charge in [-0.15, -0.1) is 0 Å². The van der Waals surface area contributed by atoms with Crippen molar-refractivity contribution in [2.75, 3.05) is 23.7 Å². The lowest BCUT2D eigenvalue weighted by Gasteiger charge is -2.34. The zero-order valence-electron chi connectivity index (χ0n) is 24.3. The number of rotatable bonds is 12. The van der Waals surface area contributed by atoms with Gasteiger partial charge in [0, 0.05) is 19.5 Å². The molecule has 8 heteroatoms. The first kappa shape index (κ1) is 30.9. The third kappa shape index (κ3) is 8.42. The molecule has 0 saturated carbocycles. The maximum Gasteiger partial charge on any atom is 0.244 e. The fraction of sp³-hybridized carbons (Fsp3) is 0.375. The fourth-order valence-electron chi connectivity index (χ4n) is 4.76. The summed E-state index contributed by atoms with van der Waals surface area (Å²) in [6.07, 6.45) is 1.40. The molecule has 0 aliphatic heterocycles. The smallest absolute Gasteiger partial charge is 0.244 e. The van der Waals surface area contributed by atoms with Crippen LogP contribution in [0, 0.1) is 26.7 Å². The minimum absolute atomic E-state index is 0.164. The molecule has 3 rings (SSSR count). The largest absolute Gasteiger partial charge is 0.354 e. The first-order valence-electron chi connectivity index (χ1n) is 13.6. The van der Waals surface area contributed by atoms with E-state index in [0.29, 0.717) is 18.7 Å². The van der Waals surface area contributed by atoms with Gasteiger partial charge in [0.1, 0.15) is 12.6 Å². The number of hydrogen-bond donors (Lipinski definition) is 1. The predicted octanol–water partition coefficient (Wildman–Crippen LogP) is 4.79. The summed E-state index contributed by atoms with van der Waals surface area (Å²) in [7, 11) is -3.81. The molecular weight excluding hydrogens is 522 g/mol. The first-order chi connectivity index (χ1) is 18.9. The molecule has 1 unspecified atom stereocenters. The molecule has 0 radical (unpaired) electrons. The van der Waals surface area contributed by atoms with Crippen LogP contribution in [0.3, 0.4) is 0 Å². The second-order valence-corrected chi connectivity index (χ2v) is 12.8. The Morgan fingerprint density at radius 1 is 0.850 bits per heavy atom. The zero-order chi connectivity index (χ0) is 29.4. The van der Waals surface area contributed by atoms with E-state index in [2.05, 4.69) is 5.32 Å². The van der Waals surface area contributed by atoms with Crippen molar-refractivity contribution in [3.8, 4) is 0 Å². The number of nitrogens with one attached hydrogen (secondary N) is 1. The van der Waals surface area contributed by atoms with Crippen molar-refractivity contribution in [1.82, 2.24) is 10.2 Å². The lowest BCUT2D eigenvalue weighted by Crippen LogP contribution is -2.53. The number of amides is 2. The third-order valence-electron chi connectivity index (χ3n) is 6.76. The van der Waals surface area contributed by atoms with E-state index < -0.39 is 28.5 Å². The summed E-state index contributed by atoms with van der Waals surface area (Å²) in [6.45, 7) is 9.86. The van der Waals surface area contributed by atoms with E-state index in [1.807, 2.05) is 107 Å². The van der Waals surface area contributed by atoms with Crippen LogP contribution in [0.1, 0.15) is 41.7 Å². The second-order valence-electron chi connectivity index (χ2n) is 10.9. The molecule has 0 aromatic heterocycles. The minimum Gasteiger partial charge on any atom is -0.354 e. The number of benzene rings is 3. The summed E-state index contributed by atoms with van der Waals surface area (Å²) >= 11 is 0. The van der Waals surface area contributed by atoms with Crippen LogP contribution < -0.4 is 9.62 Å². The molecule has 2 amide bonds. The molecule has 0 aliphatic carbocycles. The summed E-state index contributed by atoms with van der Waals surface area (Å²) in [5.74, 6) is -0.487. The molecule has 0 spiro atoms. The highest BCUT2D eigenvalue weighted by atomic mass is 32.2. The number of carbonyl (C=O) groups is 2. The molecule has 1 atom stereocenters. The Bertz CT molecular complexity index is 1400. The van der Waals surface area contributed by atoms with Crippen LogP contribution in [0.15, 0.2) is 72.8 Å². The summed E-state index contributed by atoms with van der Waals surface area (Å²) in [5, 5.41) is 3.00. The van der Waals surface area contributed by atoms with Crippen molar-refractivity contribution in [2.24, 2.45) is 5.92 Å². The Kier molecular flexibility index (Phi) is 10.5. The van der Waals surface area contributed by atoms with Crippen molar-refractivity contribution in [3.05, 3.63) is 101 Å². The Labute approximate surface area is 239 Å². The molecule has 1 N–H and O–H groups in total. The first-order valence-corrected chi connectivity index (χ1v) is 15.4. The van der Waals surface area contributed by atoms with Gasteiger partial charge >= 0.3 is 0 Å². The van der Waals surface area contributed by atoms with Gasteiger partial charge in [-0.2, -0.15) is 0 Å². The van der Waals surface area contributed by atoms with E-state index >= 15 is 0 Å². The molecule has 40 heavy (non-hydrogen) atoms. The zero-order valence-corrected chi connectivity index (χ0v) is 25.2. The molecule has 0 aliphatic rings. The lowest BCUT2D eigenvalue weighted by atomic mass is 10.0. The number of para-hydroxylation sites is 1. The Morgan fingerprint density at radius 3 is 2.02 bits per heavy atom. The summed E-state index contributed by atoms with van der Waals surface area (Å²) in [5.41, 5.74) is 4.78. The van der Waals surface area contributed by atoms with Crippen molar-refractivity contribution in [2.45, 2.75) is 53.6 Å². The number of nitrogens with zero attached hydrogens (tertiary/aromatic N) is 2. The maximum absolute atomic E-state index is 14.2.